The third kappa shape index (κ3) is 5.77. The Morgan fingerprint density at radius 1 is 1.23 bits per heavy atom. The molecule has 0 aliphatic carbocycles. The fraction of sp³-hybridized carbons (Fsp3) is 0.611. The van der Waals surface area contributed by atoms with Crippen LogP contribution in [0.15, 0.2) is 29.2 Å². The first kappa shape index (κ1) is 20.8. The van der Waals surface area contributed by atoms with Crippen LogP contribution in [0.1, 0.15) is 33.6 Å². The van der Waals surface area contributed by atoms with Crippen LogP contribution in [0.25, 0.3) is 0 Å². The van der Waals surface area contributed by atoms with Crippen LogP contribution in [0.5, 0.6) is 0 Å². The lowest BCUT2D eigenvalue weighted by Gasteiger charge is -2.34. The van der Waals surface area contributed by atoms with Crippen LogP contribution in [0, 0.1) is 0 Å². The Morgan fingerprint density at radius 3 is 2.42 bits per heavy atom. The number of morpholine rings is 1. The summed E-state index contributed by atoms with van der Waals surface area (Å²) in [7, 11) is -3.57. The van der Waals surface area contributed by atoms with Gasteiger partial charge in [0.05, 0.1) is 17.1 Å². The van der Waals surface area contributed by atoms with E-state index in [9.17, 15) is 13.2 Å². The van der Waals surface area contributed by atoms with Crippen molar-refractivity contribution in [3.8, 4) is 0 Å². The van der Waals surface area contributed by atoms with Gasteiger partial charge < -0.3 is 14.8 Å². The first-order valence-electron chi connectivity index (χ1n) is 8.96. The molecule has 1 aliphatic rings. The number of hydrogen-bond acceptors (Lipinski definition) is 5. The van der Waals surface area contributed by atoms with Crippen LogP contribution in [-0.2, 0) is 24.3 Å². The number of ether oxygens (including phenoxy) is 2. The number of carbonyl (C=O) groups is 1. The third-order valence-corrected chi connectivity index (χ3v) is 5.90. The van der Waals surface area contributed by atoms with Crippen LogP contribution < -0.4 is 5.32 Å². The first-order valence-corrected chi connectivity index (χ1v) is 10.4. The average Bonchev–Trinajstić information content (AvgIpc) is 2.58. The van der Waals surface area contributed by atoms with Crippen molar-refractivity contribution >= 4 is 21.6 Å². The molecule has 146 valence electrons. The summed E-state index contributed by atoms with van der Waals surface area (Å²) < 4.78 is 37.8. The standard InChI is InChI=1S/C18H28N2O5S/c1-4-24-11-5-6-18(21)19-16-7-9-17(10-8-16)26(22,23)20-12-14(2)25-15(3)13-20/h7-10,14-15H,4-6,11-13H2,1-3H3,(H,19,21)/t14-,15-/m0/s1. The van der Waals surface area contributed by atoms with Gasteiger partial charge in [0.2, 0.25) is 15.9 Å². The maximum atomic E-state index is 12.8. The Bertz CT molecular complexity index is 680. The van der Waals surface area contributed by atoms with Crippen molar-refractivity contribution in [2.45, 2.75) is 50.7 Å². The van der Waals surface area contributed by atoms with Gasteiger partial charge in [0.25, 0.3) is 0 Å². The fourth-order valence-corrected chi connectivity index (χ4v) is 4.48. The molecular formula is C18H28N2O5S. The van der Waals surface area contributed by atoms with Crippen molar-refractivity contribution in [1.29, 1.82) is 0 Å². The lowest BCUT2D eigenvalue weighted by atomic mass is 10.2. The summed E-state index contributed by atoms with van der Waals surface area (Å²) in [6.07, 6.45) is 0.746. The van der Waals surface area contributed by atoms with Crippen LogP contribution in [0.4, 0.5) is 5.69 Å². The number of benzene rings is 1. The number of sulfonamides is 1. The zero-order valence-electron chi connectivity index (χ0n) is 15.6. The molecule has 0 unspecified atom stereocenters. The molecule has 1 saturated heterocycles. The molecule has 1 N–H and O–H groups in total. The molecule has 1 heterocycles. The van der Waals surface area contributed by atoms with Gasteiger partial charge in [-0.05, 0) is 51.5 Å². The van der Waals surface area contributed by atoms with Crippen LogP contribution >= 0.6 is 0 Å². The van der Waals surface area contributed by atoms with Crippen LogP contribution in [-0.4, -0.2) is 57.1 Å². The molecule has 0 aromatic heterocycles. The van der Waals surface area contributed by atoms with E-state index in [-0.39, 0.29) is 23.0 Å². The SMILES string of the molecule is CCOCCCC(=O)Nc1ccc(S(=O)(=O)N2C[C@H](C)O[C@@H](C)C2)cc1. The predicted molar refractivity (Wildman–Crippen MR) is 99.6 cm³/mol. The second-order valence-corrected chi connectivity index (χ2v) is 8.39. The van der Waals surface area contributed by atoms with E-state index in [1.807, 2.05) is 20.8 Å². The number of nitrogens with zero attached hydrogens (tertiary/aromatic N) is 1. The molecule has 7 nitrogen and oxygen atoms in total. The molecular weight excluding hydrogens is 356 g/mol. The molecule has 1 aromatic carbocycles. The average molecular weight is 384 g/mol. The molecule has 1 amide bonds. The minimum atomic E-state index is -3.57. The van der Waals surface area contributed by atoms with Gasteiger partial charge in [-0.15, -0.1) is 0 Å². The number of rotatable bonds is 8. The minimum Gasteiger partial charge on any atom is -0.382 e. The minimum absolute atomic E-state index is 0.115. The predicted octanol–water partition coefficient (Wildman–Crippen LogP) is 2.24. The Labute approximate surface area is 155 Å². The molecule has 2 rings (SSSR count). The molecule has 1 aliphatic heterocycles. The van der Waals surface area contributed by atoms with E-state index in [4.69, 9.17) is 9.47 Å². The molecule has 0 saturated carbocycles. The van der Waals surface area contributed by atoms with Gasteiger partial charge in [0, 0.05) is 38.4 Å². The van der Waals surface area contributed by atoms with E-state index < -0.39 is 10.0 Å². The topological polar surface area (TPSA) is 84.9 Å². The highest BCUT2D eigenvalue weighted by molar-refractivity contribution is 7.89. The van der Waals surface area contributed by atoms with E-state index in [1.54, 1.807) is 12.1 Å². The number of amides is 1. The zero-order chi connectivity index (χ0) is 19.2. The maximum absolute atomic E-state index is 12.8. The zero-order valence-corrected chi connectivity index (χ0v) is 16.4. The fourth-order valence-electron chi connectivity index (χ4n) is 2.89. The van der Waals surface area contributed by atoms with Crippen molar-refractivity contribution in [2.75, 3.05) is 31.6 Å². The molecule has 1 aromatic rings. The van der Waals surface area contributed by atoms with Crippen molar-refractivity contribution in [3.63, 3.8) is 0 Å². The van der Waals surface area contributed by atoms with E-state index in [0.29, 0.717) is 44.8 Å². The second-order valence-electron chi connectivity index (χ2n) is 6.45. The third-order valence-electron chi connectivity index (χ3n) is 4.06. The van der Waals surface area contributed by atoms with Crippen molar-refractivity contribution in [3.05, 3.63) is 24.3 Å². The lowest BCUT2D eigenvalue weighted by molar-refractivity contribution is -0.116. The van der Waals surface area contributed by atoms with Gasteiger partial charge in [0.1, 0.15) is 0 Å². The Kier molecular flexibility index (Phi) is 7.57. The van der Waals surface area contributed by atoms with Crippen molar-refractivity contribution < 1.29 is 22.7 Å². The summed E-state index contributed by atoms with van der Waals surface area (Å²) in [6, 6.07) is 6.27. The van der Waals surface area contributed by atoms with Crippen molar-refractivity contribution in [1.82, 2.24) is 4.31 Å². The quantitative estimate of drug-likeness (QED) is 0.695. The first-order chi connectivity index (χ1) is 12.3. The highest BCUT2D eigenvalue weighted by atomic mass is 32.2. The second kappa shape index (κ2) is 9.45. The maximum Gasteiger partial charge on any atom is 0.243 e. The van der Waals surface area contributed by atoms with Gasteiger partial charge in [-0.1, -0.05) is 0 Å². The summed E-state index contributed by atoms with van der Waals surface area (Å²) in [4.78, 5) is 12.1. The molecule has 0 radical (unpaired) electrons. The largest absolute Gasteiger partial charge is 0.382 e. The van der Waals surface area contributed by atoms with Gasteiger partial charge in [-0.25, -0.2) is 8.42 Å². The Morgan fingerprint density at radius 2 is 1.85 bits per heavy atom. The summed E-state index contributed by atoms with van der Waals surface area (Å²) in [5.74, 6) is -0.115. The summed E-state index contributed by atoms with van der Waals surface area (Å²) in [5.41, 5.74) is 0.578. The van der Waals surface area contributed by atoms with Gasteiger partial charge in [-0.2, -0.15) is 4.31 Å². The van der Waals surface area contributed by atoms with Crippen LogP contribution in [0.2, 0.25) is 0 Å². The smallest absolute Gasteiger partial charge is 0.243 e. The molecule has 1 fully saturated rings. The number of anilines is 1. The molecule has 26 heavy (non-hydrogen) atoms. The molecule has 0 spiro atoms. The van der Waals surface area contributed by atoms with Crippen LogP contribution in [0.3, 0.4) is 0 Å². The Balaban J connectivity index is 1.96. The lowest BCUT2D eigenvalue weighted by Crippen LogP contribution is -2.48. The molecule has 8 heteroatoms. The summed E-state index contributed by atoms with van der Waals surface area (Å²) >= 11 is 0. The van der Waals surface area contributed by atoms with E-state index in [2.05, 4.69) is 5.32 Å². The van der Waals surface area contributed by atoms with Gasteiger partial charge in [-0.3, -0.25) is 4.79 Å². The monoisotopic (exact) mass is 384 g/mol. The number of hydrogen-bond donors (Lipinski definition) is 1. The van der Waals surface area contributed by atoms with Crippen molar-refractivity contribution in [2.24, 2.45) is 0 Å². The summed E-state index contributed by atoms with van der Waals surface area (Å²) in [5, 5.41) is 2.77. The Hall–Kier alpha value is -1.48. The molecule has 0 bridgehead atoms. The van der Waals surface area contributed by atoms with E-state index in [1.165, 1.54) is 16.4 Å². The number of carbonyl (C=O) groups excluding carboxylic acids is 1. The molecule has 2 atom stereocenters. The normalized spacial score (nSPS) is 21.5. The summed E-state index contributed by atoms with van der Waals surface area (Å²) in [6.45, 7) is 7.50. The van der Waals surface area contributed by atoms with Gasteiger partial charge in [0.15, 0.2) is 0 Å². The van der Waals surface area contributed by atoms with Gasteiger partial charge >= 0.3 is 0 Å². The van der Waals surface area contributed by atoms with E-state index >= 15 is 0 Å². The highest BCUT2D eigenvalue weighted by Gasteiger charge is 2.32. The van der Waals surface area contributed by atoms with E-state index in [0.717, 1.165) is 0 Å². The highest BCUT2D eigenvalue weighted by Crippen LogP contribution is 2.22. The number of nitrogens with one attached hydrogen (secondary N) is 1.